The Morgan fingerprint density at radius 1 is 0.941 bits per heavy atom. The fourth-order valence-electron chi connectivity index (χ4n) is 5.01. The van der Waals surface area contributed by atoms with E-state index in [1.165, 1.54) is 22.5 Å². The molecule has 1 saturated heterocycles. The van der Waals surface area contributed by atoms with Crippen molar-refractivity contribution in [2.45, 2.75) is 32.9 Å². The summed E-state index contributed by atoms with van der Waals surface area (Å²) in [5.74, 6) is 0.783. The molecule has 1 aliphatic rings. The highest BCUT2D eigenvalue weighted by Gasteiger charge is 2.43. The van der Waals surface area contributed by atoms with Gasteiger partial charge in [-0.2, -0.15) is 0 Å². The van der Waals surface area contributed by atoms with Gasteiger partial charge in [0.25, 0.3) is 0 Å². The van der Waals surface area contributed by atoms with Gasteiger partial charge < -0.3 is 19.5 Å². The van der Waals surface area contributed by atoms with Crippen LogP contribution in [-0.2, 0) is 0 Å². The minimum Gasteiger partial charge on any atom is -0.495 e. The first kappa shape index (κ1) is 22.2. The van der Waals surface area contributed by atoms with Crippen LogP contribution in [0.5, 0.6) is 5.75 Å². The summed E-state index contributed by atoms with van der Waals surface area (Å²) in [6, 6.07) is 24.7. The number of ether oxygens (including phenoxy) is 1. The number of nitrogens with zero attached hydrogens (tertiary/aromatic N) is 3. The van der Waals surface area contributed by atoms with Crippen LogP contribution < -0.4 is 15.0 Å². The summed E-state index contributed by atoms with van der Waals surface area (Å²) >= 11 is 5.90. The number of hydrogen-bond acceptors (Lipinski definition) is 3. The highest BCUT2D eigenvalue weighted by atomic mass is 32.1. The van der Waals surface area contributed by atoms with Crippen molar-refractivity contribution < 1.29 is 4.74 Å². The lowest BCUT2D eigenvalue weighted by atomic mass is 9.96. The molecule has 2 aromatic carbocycles. The predicted molar refractivity (Wildman–Crippen MR) is 141 cm³/mol. The molecule has 172 valence electrons. The van der Waals surface area contributed by atoms with Crippen LogP contribution in [0.3, 0.4) is 0 Å². The highest BCUT2D eigenvalue weighted by molar-refractivity contribution is 7.80. The van der Waals surface area contributed by atoms with Gasteiger partial charge in [0.2, 0.25) is 0 Å². The Balaban J connectivity index is 1.71. The smallest absolute Gasteiger partial charge is 0.174 e. The second-order valence-electron chi connectivity index (χ2n) is 8.67. The lowest BCUT2D eigenvalue weighted by molar-refractivity contribution is 0.414. The number of methoxy groups -OCH3 is 1. The highest BCUT2D eigenvalue weighted by Crippen LogP contribution is 2.46. The van der Waals surface area contributed by atoms with Gasteiger partial charge in [-0.25, -0.2) is 0 Å². The summed E-state index contributed by atoms with van der Waals surface area (Å²) in [6.45, 7) is 6.46. The fourth-order valence-corrected chi connectivity index (χ4v) is 5.35. The maximum atomic E-state index is 5.90. The minimum absolute atomic E-state index is 0.0940. The molecular formula is C28H28N4OS. The van der Waals surface area contributed by atoms with E-state index in [0.29, 0.717) is 5.11 Å². The Bertz CT molecular complexity index is 1350. The quantitative estimate of drug-likeness (QED) is 0.365. The molecule has 5 nitrogen and oxygen atoms in total. The number of hydrogen-bond donors (Lipinski definition) is 1. The Hall–Kier alpha value is -3.64. The molecule has 0 radical (unpaired) electrons. The second kappa shape index (κ2) is 8.95. The van der Waals surface area contributed by atoms with Crippen LogP contribution in [0.2, 0.25) is 0 Å². The van der Waals surface area contributed by atoms with E-state index in [1.54, 1.807) is 7.11 Å². The molecule has 3 heterocycles. The predicted octanol–water partition coefficient (Wildman–Crippen LogP) is 5.98. The summed E-state index contributed by atoms with van der Waals surface area (Å²) in [7, 11) is 1.69. The molecule has 6 heteroatoms. The number of rotatable bonds is 5. The number of anilines is 1. The van der Waals surface area contributed by atoms with Crippen molar-refractivity contribution >= 4 is 23.0 Å². The topological polar surface area (TPSA) is 42.3 Å². The monoisotopic (exact) mass is 468 g/mol. The summed E-state index contributed by atoms with van der Waals surface area (Å²) in [5, 5.41) is 4.21. The van der Waals surface area contributed by atoms with Gasteiger partial charge in [0.05, 0.1) is 30.6 Å². The van der Waals surface area contributed by atoms with Crippen molar-refractivity contribution in [1.29, 1.82) is 0 Å². The van der Waals surface area contributed by atoms with Crippen molar-refractivity contribution in [2.24, 2.45) is 0 Å². The van der Waals surface area contributed by atoms with Gasteiger partial charge in [0, 0.05) is 23.3 Å². The van der Waals surface area contributed by atoms with E-state index in [2.05, 4.69) is 83.0 Å². The average Bonchev–Trinajstić information content (AvgIpc) is 3.34. The van der Waals surface area contributed by atoms with Gasteiger partial charge in [0.1, 0.15) is 5.75 Å². The van der Waals surface area contributed by atoms with E-state index >= 15 is 0 Å². The summed E-state index contributed by atoms with van der Waals surface area (Å²) in [4.78, 5) is 6.86. The Morgan fingerprint density at radius 3 is 2.47 bits per heavy atom. The molecule has 2 aromatic heterocycles. The van der Waals surface area contributed by atoms with E-state index in [-0.39, 0.29) is 12.1 Å². The molecule has 0 aliphatic carbocycles. The van der Waals surface area contributed by atoms with E-state index < -0.39 is 0 Å². The van der Waals surface area contributed by atoms with Crippen LogP contribution in [0, 0.1) is 20.8 Å². The third kappa shape index (κ3) is 3.74. The number of aromatic nitrogens is 2. The van der Waals surface area contributed by atoms with Gasteiger partial charge in [-0.05, 0) is 86.6 Å². The molecule has 5 rings (SSSR count). The standard InChI is InChI=1S/C28H28N4OS/c1-18-10-9-11-21(16-18)31-19(2)17-22(20(31)3)27-26(23-12-7-8-15-29-23)30-28(34)32(27)24-13-5-6-14-25(24)33-4/h5-17,26-27H,1-4H3,(H,30,34)/t26-,27-/m1/s1. The SMILES string of the molecule is COc1ccccc1N1C(=S)N[C@H](c2ccccn2)[C@H]1c1cc(C)n(-c2cccc(C)c2)c1C. The van der Waals surface area contributed by atoms with Crippen molar-refractivity contribution in [3.63, 3.8) is 0 Å². The first-order valence-corrected chi connectivity index (χ1v) is 11.8. The minimum atomic E-state index is -0.106. The molecule has 0 spiro atoms. The number of benzene rings is 2. The maximum absolute atomic E-state index is 5.90. The zero-order chi connectivity index (χ0) is 23.8. The lowest BCUT2D eigenvalue weighted by Crippen LogP contribution is -2.30. The Labute approximate surface area is 206 Å². The van der Waals surface area contributed by atoms with Gasteiger partial charge >= 0.3 is 0 Å². The largest absolute Gasteiger partial charge is 0.495 e. The van der Waals surface area contributed by atoms with Crippen LogP contribution >= 0.6 is 12.2 Å². The average molecular weight is 469 g/mol. The summed E-state index contributed by atoms with van der Waals surface area (Å²) < 4.78 is 8.04. The molecule has 1 fully saturated rings. The number of para-hydroxylation sites is 2. The molecule has 0 saturated carbocycles. The van der Waals surface area contributed by atoms with Crippen LogP contribution in [0.1, 0.15) is 40.3 Å². The molecule has 0 bridgehead atoms. The number of aryl methyl sites for hydroxylation is 2. The van der Waals surface area contributed by atoms with Crippen LogP contribution in [-0.4, -0.2) is 21.8 Å². The van der Waals surface area contributed by atoms with Crippen molar-refractivity contribution in [3.05, 3.63) is 107 Å². The number of nitrogens with one attached hydrogen (secondary N) is 1. The molecule has 1 N–H and O–H groups in total. The number of pyridine rings is 1. The normalized spacial score (nSPS) is 17.6. The number of thiocarbonyl (C=S) groups is 1. The molecule has 0 unspecified atom stereocenters. The first-order chi connectivity index (χ1) is 16.5. The van der Waals surface area contributed by atoms with E-state index in [1.807, 2.05) is 36.5 Å². The van der Waals surface area contributed by atoms with Crippen LogP contribution in [0.25, 0.3) is 5.69 Å². The van der Waals surface area contributed by atoms with Crippen molar-refractivity contribution in [1.82, 2.24) is 14.9 Å². The molecule has 34 heavy (non-hydrogen) atoms. The van der Waals surface area contributed by atoms with Gasteiger partial charge in [-0.15, -0.1) is 0 Å². The van der Waals surface area contributed by atoms with Crippen LogP contribution in [0.15, 0.2) is 79.0 Å². The summed E-state index contributed by atoms with van der Waals surface area (Å²) in [5.41, 5.74) is 7.84. The first-order valence-electron chi connectivity index (χ1n) is 11.4. The van der Waals surface area contributed by atoms with Gasteiger partial charge in [0.15, 0.2) is 5.11 Å². The molecule has 1 aliphatic heterocycles. The van der Waals surface area contributed by atoms with Crippen molar-refractivity contribution in [2.75, 3.05) is 12.0 Å². The molecule has 0 amide bonds. The fraction of sp³-hybridized carbons (Fsp3) is 0.214. The lowest BCUT2D eigenvalue weighted by Gasteiger charge is -2.29. The zero-order valence-corrected chi connectivity index (χ0v) is 20.6. The Morgan fingerprint density at radius 2 is 1.74 bits per heavy atom. The van der Waals surface area contributed by atoms with E-state index in [4.69, 9.17) is 17.0 Å². The second-order valence-corrected chi connectivity index (χ2v) is 9.06. The van der Waals surface area contributed by atoms with E-state index in [0.717, 1.165) is 22.8 Å². The zero-order valence-electron chi connectivity index (χ0n) is 19.8. The summed E-state index contributed by atoms with van der Waals surface area (Å²) in [6.07, 6.45) is 1.83. The van der Waals surface area contributed by atoms with E-state index in [9.17, 15) is 0 Å². The molecule has 4 aromatic rings. The van der Waals surface area contributed by atoms with Gasteiger partial charge in [-0.1, -0.05) is 30.3 Å². The van der Waals surface area contributed by atoms with Gasteiger partial charge in [-0.3, -0.25) is 4.98 Å². The third-order valence-corrected chi connectivity index (χ3v) is 6.81. The maximum Gasteiger partial charge on any atom is 0.174 e. The third-order valence-electron chi connectivity index (χ3n) is 6.49. The molecular weight excluding hydrogens is 440 g/mol. The Kier molecular flexibility index (Phi) is 5.84. The molecule has 2 atom stereocenters. The van der Waals surface area contributed by atoms with Crippen LogP contribution in [0.4, 0.5) is 5.69 Å². The van der Waals surface area contributed by atoms with Crippen molar-refractivity contribution in [3.8, 4) is 11.4 Å².